The van der Waals surface area contributed by atoms with Crippen molar-refractivity contribution in [3.05, 3.63) is 64.8 Å². The highest BCUT2D eigenvalue weighted by molar-refractivity contribution is 9.10. The summed E-state index contributed by atoms with van der Waals surface area (Å²) in [5.74, 6) is 1.53. The number of aromatic nitrogens is 2. The van der Waals surface area contributed by atoms with Gasteiger partial charge in [-0.1, -0.05) is 47.0 Å². The molecule has 184 valence electrons. The van der Waals surface area contributed by atoms with Gasteiger partial charge in [-0.3, -0.25) is 4.79 Å². The summed E-state index contributed by atoms with van der Waals surface area (Å²) in [6.45, 7) is 0.754. The molecule has 0 aliphatic heterocycles. The lowest BCUT2D eigenvalue weighted by molar-refractivity contribution is 0.0995. The van der Waals surface area contributed by atoms with Gasteiger partial charge in [0.25, 0.3) is 5.91 Å². The van der Waals surface area contributed by atoms with Gasteiger partial charge in [0.1, 0.15) is 11.5 Å². The number of nitrogens with two attached hydrogens (primary N) is 1. The molecule has 0 bridgehead atoms. The normalized spacial score (nSPS) is 13.0. The van der Waals surface area contributed by atoms with Crippen molar-refractivity contribution in [2.45, 2.75) is 19.3 Å². The summed E-state index contributed by atoms with van der Waals surface area (Å²) in [6, 6.07) is 17.9. The van der Waals surface area contributed by atoms with Crippen molar-refractivity contribution >= 4 is 38.4 Å². The zero-order valence-electron chi connectivity index (χ0n) is 20.2. The van der Waals surface area contributed by atoms with Crippen LogP contribution < -0.4 is 20.5 Å². The molecule has 7 nitrogen and oxygen atoms in total. The van der Waals surface area contributed by atoms with Crippen LogP contribution in [0.3, 0.4) is 0 Å². The number of fused-ring (bicyclic) bond motifs is 1. The number of ether oxygens (including phenoxy) is 2. The van der Waals surface area contributed by atoms with E-state index in [1.54, 1.807) is 14.2 Å². The minimum absolute atomic E-state index is 0.151. The Balaban J connectivity index is 1.62. The molecule has 3 N–H and O–H groups in total. The van der Waals surface area contributed by atoms with Crippen LogP contribution in [0, 0.1) is 5.92 Å². The second-order valence-corrected chi connectivity index (χ2v) is 9.82. The Morgan fingerprint density at radius 2 is 1.78 bits per heavy atom. The van der Waals surface area contributed by atoms with Gasteiger partial charge in [0.2, 0.25) is 0 Å². The van der Waals surface area contributed by atoms with Gasteiger partial charge in [0.15, 0.2) is 5.69 Å². The lowest BCUT2D eigenvalue weighted by atomic mass is 9.95. The Morgan fingerprint density at radius 3 is 2.44 bits per heavy atom. The summed E-state index contributed by atoms with van der Waals surface area (Å²) in [7, 11) is 3.29. The first-order chi connectivity index (χ1) is 17.5. The maximum Gasteiger partial charge on any atom is 0.271 e. The van der Waals surface area contributed by atoms with E-state index in [-0.39, 0.29) is 5.69 Å². The van der Waals surface area contributed by atoms with Crippen LogP contribution >= 0.6 is 15.9 Å². The molecule has 0 spiro atoms. The second-order valence-electron chi connectivity index (χ2n) is 8.91. The van der Waals surface area contributed by atoms with E-state index in [1.165, 1.54) is 12.8 Å². The Labute approximate surface area is 218 Å². The largest absolute Gasteiger partial charge is 0.496 e. The molecule has 5 rings (SSSR count). The van der Waals surface area contributed by atoms with Gasteiger partial charge in [-0.05, 0) is 59.9 Å². The average molecular weight is 547 g/mol. The van der Waals surface area contributed by atoms with E-state index < -0.39 is 5.91 Å². The molecule has 1 amide bonds. The number of rotatable bonds is 9. The first kappa shape index (κ1) is 24.1. The highest BCUT2D eigenvalue weighted by Gasteiger charge is 2.23. The van der Waals surface area contributed by atoms with Gasteiger partial charge in [0, 0.05) is 22.0 Å². The van der Waals surface area contributed by atoms with Gasteiger partial charge in [-0.15, -0.1) is 10.2 Å². The zero-order valence-corrected chi connectivity index (χ0v) is 21.8. The van der Waals surface area contributed by atoms with E-state index in [0.717, 1.165) is 51.0 Å². The average Bonchev–Trinajstić information content (AvgIpc) is 3.72. The second kappa shape index (κ2) is 10.1. The van der Waals surface area contributed by atoms with Crippen LogP contribution in [-0.2, 0) is 0 Å². The number of methoxy groups -OCH3 is 2. The molecule has 0 radical (unpaired) electrons. The molecular formula is C28H27BrN4O3. The van der Waals surface area contributed by atoms with E-state index in [4.69, 9.17) is 15.2 Å². The van der Waals surface area contributed by atoms with Gasteiger partial charge >= 0.3 is 0 Å². The number of carbonyl (C=O) groups excluding carboxylic acids is 1. The number of anilines is 1. The highest BCUT2D eigenvalue weighted by Crippen LogP contribution is 2.45. The van der Waals surface area contributed by atoms with Crippen LogP contribution in [0.4, 0.5) is 5.69 Å². The minimum atomic E-state index is -0.604. The molecule has 1 fully saturated rings. The number of hydrogen-bond donors (Lipinski definition) is 2. The SMILES string of the molecule is COc1ccc(-c2ccc(Br)cc2)c(OC)c1-c1ccc2c(NCCC3CC3)c(C(N)=O)nnc2c1. The maximum atomic E-state index is 12.1. The molecular weight excluding hydrogens is 520 g/mol. The third-order valence-corrected chi connectivity index (χ3v) is 7.06. The third-order valence-electron chi connectivity index (χ3n) is 6.53. The van der Waals surface area contributed by atoms with Crippen LogP contribution in [-0.4, -0.2) is 36.9 Å². The number of benzene rings is 3. The molecule has 0 saturated heterocycles. The number of halogens is 1. The Kier molecular flexibility index (Phi) is 6.78. The molecule has 1 aliphatic rings. The van der Waals surface area contributed by atoms with E-state index in [2.05, 4.69) is 31.4 Å². The predicted octanol–water partition coefficient (Wildman–Crippen LogP) is 6.05. The fourth-order valence-corrected chi connectivity index (χ4v) is 4.76. The standard InChI is InChI=1S/C28H27BrN4O3/c1-35-23-12-11-20(17-5-8-19(29)9-6-17)27(36-2)24(23)18-7-10-21-22(15-18)32-33-26(28(30)34)25(21)31-14-13-16-3-4-16/h5-12,15-16H,3-4,13-14H2,1-2H3,(H2,30,34)(H,31,32). The molecule has 3 aromatic carbocycles. The Hall–Kier alpha value is -3.65. The summed E-state index contributed by atoms with van der Waals surface area (Å²) in [5.41, 5.74) is 10.7. The Morgan fingerprint density at radius 1 is 1.03 bits per heavy atom. The molecule has 8 heteroatoms. The maximum absolute atomic E-state index is 12.1. The van der Waals surface area contributed by atoms with Crippen molar-refractivity contribution < 1.29 is 14.3 Å². The molecule has 1 aliphatic carbocycles. The van der Waals surface area contributed by atoms with E-state index in [1.807, 2.05) is 54.6 Å². The highest BCUT2D eigenvalue weighted by atomic mass is 79.9. The lowest BCUT2D eigenvalue weighted by Crippen LogP contribution is -2.18. The lowest BCUT2D eigenvalue weighted by Gasteiger charge is -2.18. The third kappa shape index (κ3) is 4.73. The van der Waals surface area contributed by atoms with Crippen molar-refractivity contribution in [2.24, 2.45) is 11.7 Å². The zero-order chi connectivity index (χ0) is 25.2. The number of carbonyl (C=O) groups is 1. The van der Waals surface area contributed by atoms with Crippen molar-refractivity contribution in [2.75, 3.05) is 26.1 Å². The fraction of sp³-hybridized carbons (Fsp3) is 0.250. The molecule has 1 aromatic heterocycles. The quantitative estimate of drug-likeness (QED) is 0.265. The summed E-state index contributed by atoms with van der Waals surface area (Å²) < 4.78 is 12.7. The molecule has 36 heavy (non-hydrogen) atoms. The number of hydrogen-bond acceptors (Lipinski definition) is 6. The van der Waals surface area contributed by atoms with Crippen LogP contribution in [0.25, 0.3) is 33.2 Å². The van der Waals surface area contributed by atoms with E-state index in [0.29, 0.717) is 22.7 Å². The van der Waals surface area contributed by atoms with E-state index >= 15 is 0 Å². The van der Waals surface area contributed by atoms with Crippen molar-refractivity contribution in [3.8, 4) is 33.8 Å². The number of primary amides is 1. The van der Waals surface area contributed by atoms with Crippen LogP contribution in [0.5, 0.6) is 11.5 Å². The van der Waals surface area contributed by atoms with Gasteiger partial charge in [-0.25, -0.2) is 0 Å². The first-order valence-electron chi connectivity index (χ1n) is 11.9. The summed E-state index contributed by atoms with van der Waals surface area (Å²) in [4.78, 5) is 12.1. The molecule has 1 saturated carbocycles. The van der Waals surface area contributed by atoms with Crippen LogP contribution in [0.1, 0.15) is 29.8 Å². The van der Waals surface area contributed by atoms with Gasteiger partial charge < -0.3 is 20.5 Å². The topological polar surface area (TPSA) is 99.4 Å². The molecule has 1 heterocycles. The van der Waals surface area contributed by atoms with Crippen molar-refractivity contribution in [1.82, 2.24) is 10.2 Å². The predicted molar refractivity (Wildman–Crippen MR) is 146 cm³/mol. The number of nitrogens with zero attached hydrogens (tertiary/aromatic N) is 2. The van der Waals surface area contributed by atoms with Crippen LogP contribution in [0.2, 0.25) is 0 Å². The fourth-order valence-electron chi connectivity index (χ4n) is 4.50. The van der Waals surface area contributed by atoms with Gasteiger partial charge in [-0.2, -0.15) is 0 Å². The minimum Gasteiger partial charge on any atom is -0.496 e. The van der Waals surface area contributed by atoms with Crippen LogP contribution in [0.15, 0.2) is 59.1 Å². The summed E-state index contributed by atoms with van der Waals surface area (Å²) in [6.07, 6.45) is 3.59. The molecule has 4 aromatic rings. The summed E-state index contributed by atoms with van der Waals surface area (Å²) >= 11 is 3.50. The van der Waals surface area contributed by atoms with Crippen molar-refractivity contribution in [3.63, 3.8) is 0 Å². The number of nitrogens with one attached hydrogen (secondary N) is 1. The summed E-state index contributed by atoms with van der Waals surface area (Å²) in [5, 5.41) is 12.7. The molecule has 0 atom stereocenters. The van der Waals surface area contributed by atoms with Crippen molar-refractivity contribution in [1.29, 1.82) is 0 Å². The number of amides is 1. The van der Waals surface area contributed by atoms with Gasteiger partial charge in [0.05, 0.1) is 31.0 Å². The first-order valence-corrected chi connectivity index (χ1v) is 12.6. The molecule has 0 unspecified atom stereocenters. The smallest absolute Gasteiger partial charge is 0.271 e. The van der Waals surface area contributed by atoms with E-state index in [9.17, 15) is 4.79 Å². The Bertz CT molecular complexity index is 1440. The monoisotopic (exact) mass is 546 g/mol.